The fourth-order valence-corrected chi connectivity index (χ4v) is 6.46. The van der Waals surface area contributed by atoms with Gasteiger partial charge in [0, 0.05) is 17.8 Å². The fourth-order valence-electron chi connectivity index (χ4n) is 3.03. The van der Waals surface area contributed by atoms with E-state index in [0.717, 1.165) is 29.2 Å². The second-order valence-corrected chi connectivity index (χ2v) is 9.72. The van der Waals surface area contributed by atoms with E-state index in [-0.39, 0.29) is 10.6 Å². The molecule has 0 radical (unpaired) electrons. The summed E-state index contributed by atoms with van der Waals surface area (Å²) in [5.41, 5.74) is 2.51. The largest absolute Gasteiger partial charge is 0.366 e. The topological polar surface area (TPSA) is 37.4 Å². The van der Waals surface area contributed by atoms with E-state index in [9.17, 15) is 8.42 Å². The molecule has 2 unspecified atom stereocenters. The molecule has 0 aromatic heterocycles. The minimum Gasteiger partial charge on any atom is -0.366 e. The Bertz CT molecular complexity index is 605. The van der Waals surface area contributed by atoms with Crippen LogP contribution in [0.5, 0.6) is 0 Å². The molecule has 0 N–H and O–H groups in total. The van der Waals surface area contributed by atoms with Crippen molar-refractivity contribution in [2.24, 2.45) is 0 Å². The van der Waals surface area contributed by atoms with E-state index in [1.165, 1.54) is 17.7 Å². The highest BCUT2D eigenvalue weighted by Crippen LogP contribution is 2.38. The highest BCUT2D eigenvalue weighted by Gasteiger charge is 2.31. The zero-order valence-corrected chi connectivity index (χ0v) is 13.9. The van der Waals surface area contributed by atoms with Gasteiger partial charge >= 0.3 is 0 Å². The van der Waals surface area contributed by atoms with Crippen LogP contribution in [-0.2, 0) is 28.0 Å². The maximum absolute atomic E-state index is 12.1. The molecule has 2 atom stereocenters. The minimum absolute atomic E-state index is 0.0482. The molecule has 3 rings (SSSR count). The first kappa shape index (κ1) is 14.3. The van der Waals surface area contributed by atoms with Crippen molar-refractivity contribution in [1.29, 1.82) is 0 Å². The maximum Gasteiger partial charge on any atom is 0.109 e. The van der Waals surface area contributed by atoms with Crippen molar-refractivity contribution in [2.75, 3.05) is 16.5 Å². The number of fused-ring (bicyclic) bond motifs is 2. The first-order valence-electron chi connectivity index (χ1n) is 7.09. The molecule has 0 fully saturated rings. The number of anilines is 1. The van der Waals surface area contributed by atoms with Gasteiger partial charge in [0.15, 0.2) is 0 Å². The third-order valence-electron chi connectivity index (χ3n) is 4.03. The fraction of sp³-hybridized carbons (Fsp3) is 0.600. The summed E-state index contributed by atoms with van der Waals surface area (Å²) >= 11 is 0. The Labute approximate surface area is 125 Å². The van der Waals surface area contributed by atoms with Crippen molar-refractivity contribution in [3.63, 3.8) is 0 Å². The van der Waals surface area contributed by atoms with E-state index < -0.39 is 21.6 Å². The molecule has 1 aromatic rings. The SMILES string of the molecule is CC(C)(C)N1CCCCc2cc3c(cc21)S(=O)CS3=O. The van der Waals surface area contributed by atoms with Crippen molar-refractivity contribution in [1.82, 2.24) is 0 Å². The molecule has 0 aliphatic carbocycles. The van der Waals surface area contributed by atoms with Gasteiger partial charge in [0.1, 0.15) is 5.08 Å². The maximum atomic E-state index is 12.1. The van der Waals surface area contributed by atoms with Crippen LogP contribution in [-0.4, -0.2) is 25.6 Å². The second-order valence-electron chi connectivity index (χ2n) is 6.52. The predicted molar refractivity (Wildman–Crippen MR) is 84.2 cm³/mol. The van der Waals surface area contributed by atoms with Crippen LogP contribution in [0.2, 0.25) is 0 Å². The lowest BCUT2D eigenvalue weighted by molar-refractivity contribution is 0.498. The Balaban J connectivity index is 2.17. The van der Waals surface area contributed by atoms with Gasteiger partial charge in [-0.3, -0.25) is 8.42 Å². The van der Waals surface area contributed by atoms with Gasteiger partial charge in [0.05, 0.1) is 31.4 Å². The number of benzene rings is 1. The summed E-state index contributed by atoms with van der Waals surface area (Å²) in [5, 5.41) is 0.272. The van der Waals surface area contributed by atoms with Gasteiger partial charge in [-0.15, -0.1) is 0 Å². The smallest absolute Gasteiger partial charge is 0.109 e. The highest BCUT2D eigenvalue weighted by molar-refractivity contribution is 8.04. The number of hydrogen-bond donors (Lipinski definition) is 0. The molecule has 2 heterocycles. The average molecular weight is 311 g/mol. The van der Waals surface area contributed by atoms with Crippen LogP contribution in [0.3, 0.4) is 0 Å². The summed E-state index contributed by atoms with van der Waals surface area (Å²) in [6.45, 7) is 7.67. The summed E-state index contributed by atoms with van der Waals surface area (Å²) in [4.78, 5) is 4.00. The van der Waals surface area contributed by atoms with E-state index in [4.69, 9.17) is 0 Å². The van der Waals surface area contributed by atoms with Gasteiger partial charge < -0.3 is 4.90 Å². The molecule has 20 heavy (non-hydrogen) atoms. The first-order chi connectivity index (χ1) is 9.38. The van der Waals surface area contributed by atoms with Crippen molar-refractivity contribution in [2.45, 2.75) is 55.4 Å². The molecule has 1 aromatic carbocycles. The summed E-state index contributed by atoms with van der Waals surface area (Å²) in [7, 11) is -2.18. The predicted octanol–water partition coefficient (Wildman–Crippen LogP) is 2.81. The van der Waals surface area contributed by atoms with Crippen LogP contribution in [0, 0.1) is 0 Å². The number of aryl methyl sites for hydroxylation is 1. The monoisotopic (exact) mass is 311 g/mol. The van der Waals surface area contributed by atoms with Gasteiger partial charge in [-0.25, -0.2) is 0 Å². The third-order valence-corrected chi connectivity index (χ3v) is 7.53. The van der Waals surface area contributed by atoms with Crippen molar-refractivity contribution >= 4 is 27.3 Å². The molecule has 0 spiro atoms. The number of rotatable bonds is 0. The van der Waals surface area contributed by atoms with Gasteiger partial charge in [-0.2, -0.15) is 0 Å². The van der Waals surface area contributed by atoms with Gasteiger partial charge in [-0.05, 0) is 57.7 Å². The Morgan fingerprint density at radius 2 is 1.70 bits per heavy atom. The van der Waals surface area contributed by atoms with Crippen LogP contribution in [0.25, 0.3) is 0 Å². The van der Waals surface area contributed by atoms with Crippen LogP contribution in [0.4, 0.5) is 5.69 Å². The van der Waals surface area contributed by atoms with E-state index in [0.29, 0.717) is 0 Å². The lowest BCUT2D eigenvalue weighted by Gasteiger charge is -2.38. The zero-order valence-electron chi connectivity index (χ0n) is 12.3. The van der Waals surface area contributed by atoms with E-state index in [2.05, 4.69) is 31.7 Å². The molecule has 0 saturated carbocycles. The normalized spacial score (nSPS) is 26.1. The van der Waals surface area contributed by atoms with Gasteiger partial charge in [-0.1, -0.05) is 0 Å². The minimum atomic E-state index is -1.10. The average Bonchev–Trinajstić information content (AvgIpc) is 2.54. The van der Waals surface area contributed by atoms with Crippen LogP contribution in [0.1, 0.15) is 39.2 Å². The molecular formula is C15H21NO2S2. The molecule has 0 saturated heterocycles. The molecular weight excluding hydrogens is 290 g/mol. The summed E-state index contributed by atoms with van der Waals surface area (Å²) in [5.74, 6) is 0. The van der Waals surface area contributed by atoms with E-state index >= 15 is 0 Å². The summed E-state index contributed by atoms with van der Waals surface area (Å²) in [6.07, 6.45) is 3.36. The first-order valence-corrected chi connectivity index (χ1v) is 9.73. The van der Waals surface area contributed by atoms with Crippen LogP contribution >= 0.6 is 0 Å². The van der Waals surface area contributed by atoms with Crippen LogP contribution in [0.15, 0.2) is 21.9 Å². The summed E-state index contributed by atoms with van der Waals surface area (Å²) < 4.78 is 24.1. The molecule has 110 valence electrons. The van der Waals surface area contributed by atoms with Crippen LogP contribution < -0.4 is 4.90 Å². The number of hydrogen-bond acceptors (Lipinski definition) is 3. The molecule has 0 bridgehead atoms. The van der Waals surface area contributed by atoms with Crippen molar-refractivity contribution < 1.29 is 8.42 Å². The Morgan fingerprint density at radius 1 is 1.05 bits per heavy atom. The van der Waals surface area contributed by atoms with Gasteiger partial charge in [0.2, 0.25) is 0 Å². The second kappa shape index (κ2) is 4.95. The Kier molecular flexibility index (Phi) is 3.53. The molecule has 5 heteroatoms. The van der Waals surface area contributed by atoms with Gasteiger partial charge in [0.25, 0.3) is 0 Å². The molecule has 0 amide bonds. The van der Waals surface area contributed by atoms with Crippen molar-refractivity contribution in [3.8, 4) is 0 Å². The standard InChI is InChI=1S/C15H21NO2S2/c1-15(2,3)16-7-5-4-6-11-8-13-14(9-12(11)16)20(18)10-19(13)17/h8-9H,4-7,10H2,1-3H3. The lowest BCUT2D eigenvalue weighted by atomic mass is 10.0. The molecule has 2 aliphatic heterocycles. The van der Waals surface area contributed by atoms with E-state index in [1.807, 2.05) is 6.07 Å². The Hall–Kier alpha value is -0.680. The molecule has 3 nitrogen and oxygen atoms in total. The van der Waals surface area contributed by atoms with Crippen molar-refractivity contribution in [3.05, 3.63) is 17.7 Å². The lowest BCUT2D eigenvalue weighted by Crippen LogP contribution is -2.42. The third kappa shape index (κ3) is 2.35. The van der Waals surface area contributed by atoms with E-state index in [1.54, 1.807) is 0 Å². The summed E-state index contributed by atoms with van der Waals surface area (Å²) in [6, 6.07) is 4.10. The Morgan fingerprint density at radius 3 is 2.35 bits per heavy atom. The number of nitrogens with zero attached hydrogens (tertiary/aromatic N) is 1. The molecule has 2 aliphatic rings. The zero-order chi connectivity index (χ0) is 14.5. The quantitative estimate of drug-likeness (QED) is 0.739. The highest BCUT2D eigenvalue weighted by atomic mass is 32.2.